The number of carbonyl (C=O) groups is 1. The van der Waals surface area contributed by atoms with E-state index in [4.69, 9.17) is 14.2 Å². The van der Waals surface area contributed by atoms with Gasteiger partial charge < -0.3 is 18.8 Å². The minimum Gasteiger partial charge on any atom is -0.447 e. The number of carbonyl (C=O) groups excluding carboxylic acids is 1. The third kappa shape index (κ3) is 4.87. The molecule has 0 bridgehead atoms. The van der Waals surface area contributed by atoms with Crippen molar-refractivity contribution >= 4 is 22.7 Å². The van der Waals surface area contributed by atoms with Crippen molar-refractivity contribution in [2.45, 2.75) is 51.9 Å². The topological polar surface area (TPSA) is 85.5 Å². The van der Waals surface area contributed by atoms with Crippen LogP contribution in [0.1, 0.15) is 50.3 Å². The highest BCUT2D eigenvalue weighted by molar-refractivity contribution is 5.95. The smallest absolute Gasteiger partial charge is 0.411 e. The molecule has 7 heteroatoms. The number of anilines is 1. The summed E-state index contributed by atoms with van der Waals surface area (Å²) in [5, 5.41) is 13.8. The predicted molar refractivity (Wildman–Crippen MR) is 127 cm³/mol. The van der Waals surface area contributed by atoms with Gasteiger partial charge in [-0.25, -0.2) is 4.79 Å². The van der Waals surface area contributed by atoms with Gasteiger partial charge in [-0.05, 0) is 62.4 Å². The van der Waals surface area contributed by atoms with E-state index in [0.29, 0.717) is 23.9 Å². The minimum absolute atomic E-state index is 0.189. The Hall–Kier alpha value is -3.34. The van der Waals surface area contributed by atoms with Crippen LogP contribution >= 0.6 is 0 Å². The molecule has 4 rings (SSSR count). The maximum absolute atomic E-state index is 11.9. The summed E-state index contributed by atoms with van der Waals surface area (Å²) in [5.41, 5.74) is 5.26. The molecule has 1 saturated carbocycles. The molecule has 33 heavy (non-hydrogen) atoms. The van der Waals surface area contributed by atoms with Crippen LogP contribution in [0.5, 0.6) is 0 Å². The average Bonchev–Trinajstić information content (AvgIpc) is 3.06. The van der Waals surface area contributed by atoms with Crippen molar-refractivity contribution < 1.29 is 19.0 Å². The summed E-state index contributed by atoms with van der Waals surface area (Å²) in [5.74, 6) is 0. The quantitative estimate of drug-likeness (QED) is 0.339. The van der Waals surface area contributed by atoms with Gasteiger partial charge >= 0.3 is 6.09 Å². The van der Waals surface area contributed by atoms with Crippen molar-refractivity contribution in [3.8, 4) is 17.3 Å². The van der Waals surface area contributed by atoms with Crippen molar-refractivity contribution in [1.29, 1.82) is 5.26 Å². The van der Waals surface area contributed by atoms with E-state index in [9.17, 15) is 10.1 Å². The number of methoxy groups -OCH3 is 1. The van der Waals surface area contributed by atoms with Crippen molar-refractivity contribution in [1.82, 2.24) is 4.57 Å². The summed E-state index contributed by atoms with van der Waals surface area (Å²) in [4.78, 5) is 11.9. The highest BCUT2D eigenvalue weighted by Crippen LogP contribution is 2.42. The van der Waals surface area contributed by atoms with Crippen molar-refractivity contribution in [2.24, 2.45) is 0 Å². The summed E-state index contributed by atoms with van der Waals surface area (Å²) in [6.45, 7) is 4.30. The van der Waals surface area contributed by atoms with Gasteiger partial charge in [0.2, 0.25) is 0 Å². The van der Waals surface area contributed by atoms with Crippen molar-refractivity contribution in [3.63, 3.8) is 0 Å². The predicted octanol–water partition coefficient (Wildman–Crippen LogP) is 5.98. The average molecular weight is 448 g/mol. The number of nitrogens with one attached hydrogen (secondary N) is 1. The van der Waals surface area contributed by atoms with E-state index < -0.39 is 6.09 Å². The normalized spacial score (nSPS) is 13.7. The molecule has 1 amide bonds. The highest BCUT2D eigenvalue weighted by atomic mass is 16.7. The van der Waals surface area contributed by atoms with Gasteiger partial charge in [-0.3, -0.25) is 5.32 Å². The molecular weight excluding hydrogens is 418 g/mol. The zero-order valence-electron chi connectivity index (χ0n) is 19.3. The fourth-order valence-corrected chi connectivity index (χ4v) is 4.18. The largest absolute Gasteiger partial charge is 0.447 e. The summed E-state index contributed by atoms with van der Waals surface area (Å²) in [6.07, 6.45) is 2.69. The molecule has 1 heterocycles. The first kappa shape index (κ1) is 22.8. The zero-order valence-corrected chi connectivity index (χ0v) is 19.3. The standard InChI is InChI=1S/C26H29N3O4/c1-17(2)33-26(30)28-20-10-8-19(9-11-20)25-23(14-27)22-12-7-18(15-32-16-31-3)13-24(22)29(25)21-5-4-6-21/h7-13,17,21H,4-6,15-16H2,1-3H3,(H,28,30). The van der Waals surface area contributed by atoms with Gasteiger partial charge in [0.05, 0.1) is 29.5 Å². The molecule has 3 aromatic rings. The third-order valence-corrected chi connectivity index (χ3v) is 5.84. The Balaban J connectivity index is 1.73. The summed E-state index contributed by atoms with van der Waals surface area (Å²) >= 11 is 0. The maximum Gasteiger partial charge on any atom is 0.411 e. The molecular formula is C26H29N3O4. The van der Waals surface area contributed by atoms with E-state index in [1.165, 1.54) is 6.42 Å². The Morgan fingerprint density at radius 1 is 1.21 bits per heavy atom. The lowest BCUT2D eigenvalue weighted by molar-refractivity contribution is -0.0390. The molecule has 1 aromatic heterocycles. The molecule has 1 aliphatic carbocycles. The highest BCUT2D eigenvalue weighted by Gasteiger charge is 2.27. The van der Waals surface area contributed by atoms with Crippen LogP contribution in [0.4, 0.5) is 10.5 Å². The van der Waals surface area contributed by atoms with E-state index in [0.717, 1.165) is 40.6 Å². The fraction of sp³-hybridized carbons (Fsp3) is 0.385. The molecule has 0 aliphatic heterocycles. The first-order valence-corrected chi connectivity index (χ1v) is 11.2. The fourth-order valence-electron chi connectivity index (χ4n) is 4.18. The number of fused-ring (bicyclic) bond motifs is 1. The molecule has 172 valence electrons. The molecule has 0 unspecified atom stereocenters. The van der Waals surface area contributed by atoms with Crippen molar-refractivity contribution in [2.75, 3.05) is 19.2 Å². The van der Waals surface area contributed by atoms with Crippen LogP contribution in [0.25, 0.3) is 22.2 Å². The summed E-state index contributed by atoms with van der Waals surface area (Å²) in [7, 11) is 1.60. The van der Waals surface area contributed by atoms with Crippen LogP contribution in [0.2, 0.25) is 0 Å². The molecule has 7 nitrogen and oxygen atoms in total. The Morgan fingerprint density at radius 3 is 2.58 bits per heavy atom. The van der Waals surface area contributed by atoms with Gasteiger partial charge in [-0.15, -0.1) is 0 Å². The number of nitriles is 1. The molecule has 0 atom stereocenters. The van der Waals surface area contributed by atoms with Crippen LogP contribution in [0, 0.1) is 11.3 Å². The first-order valence-electron chi connectivity index (χ1n) is 11.2. The van der Waals surface area contributed by atoms with E-state index in [1.807, 2.05) is 36.4 Å². The number of hydrogen-bond acceptors (Lipinski definition) is 5. The van der Waals surface area contributed by atoms with Gasteiger partial charge in [0.1, 0.15) is 12.9 Å². The van der Waals surface area contributed by atoms with E-state index in [2.05, 4.69) is 22.0 Å². The van der Waals surface area contributed by atoms with Gasteiger partial charge in [0.25, 0.3) is 0 Å². The second kappa shape index (κ2) is 10.1. The number of ether oxygens (including phenoxy) is 3. The van der Waals surface area contributed by atoms with Gasteiger partial charge in [-0.1, -0.05) is 24.3 Å². The summed E-state index contributed by atoms with van der Waals surface area (Å²) in [6, 6.07) is 16.5. The Kier molecular flexibility index (Phi) is 6.97. The van der Waals surface area contributed by atoms with Gasteiger partial charge in [0.15, 0.2) is 0 Å². The molecule has 0 radical (unpaired) electrons. The molecule has 0 saturated heterocycles. The van der Waals surface area contributed by atoms with Crippen LogP contribution in [0.3, 0.4) is 0 Å². The van der Waals surface area contributed by atoms with Gasteiger partial charge in [-0.2, -0.15) is 5.26 Å². The van der Waals surface area contributed by atoms with Crippen LogP contribution in [-0.2, 0) is 20.8 Å². The maximum atomic E-state index is 11.9. The first-order chi connectivity index (χ1) is 16.0. The third-order valence-electron chi connectivity index (χ3n) is 5.84. The van der Waals surface area contributed by atoms with E-state index in [-0.39, 0.29) is 12.9 Å². The number of rotatable bonds is 8. The lowest BCUT2D eigenvalue weighted by Crippen LogP contribution is -2.18. The number of nitrogens with zero attached hydrogens (tertiary/aromatic N) is 2. The second-order valence-corrected chi connectivity index (χ2v) is 8.55. The molecule has 1 fully saturated rings. The van der Waals surface area contributed by atoms with Crippen molar-refractivity contribution in [3.05, 3.63) is 53.6 Å². The molecule has 0 spiro atoms. The number of amides is 1. The molecule has 1 N–H and O–H groups in total. The van der Waals surface area contributed by atoms with E-state index >= 15 is 0 Å². The number of benzene rings is 2. The zero-order chi connectivity index (χ0) is 23.4. The Bertz CT molecular complexity index is 1170. The molecule has 1 aliphatic rings. The summed E-state index contributed by atoms with van der Waals surface area (Å²) < 4.78 is 18.0. The Labute approximate surface area is 193 Å². The van der Waals surface area contributed by atoms with Gasteiger partial charge in [0, 0.05) is 24.2 Å². The van der Waals surface area contributed by atoms with E-state index in [1.54, 1.807) is 21.0 Å². The second-order valence-electron chi connectivity index (χ2n) is 8.55. The lowest BCUT2D eigenvalue weighted by atomic mass is 9.92. The van der Waals surface area contributed by atoms with Crippen LogP contribution in [0.15, 0.2) is 42.5 Å². The van der Waals surface area contributed by atoms with Crippen LogP contribution < -0.4 is 5.32 Å². The molecule has 2 aromatic carbocycles. The SMILES string of the molecule is COCOCc1ccc2c(C#N)c(-c3ccc(NC(=O)OC(C)C)cc3)n(C3CCC3)c2c1. The number of aromatic nitrogens is 1. The number of hydrogen-bond donors (Lipinski definition) is 1. The minimum atomic E-state index is -0.484. The van der Waals surface area contributed by atoms with Crippen LogP contribution in [-0.4, -0.2) is 30.7 Å². The Morgan fingerprint density at radius 2 is 1.97 bits per heavy atom. The lowest BCUT2D eigenvalue weighted by Gasteiger charge is -2.30. The monoisotopic (exact) mass is 447 g/mol.